The molecule has 3 rings (SSSR count). The maximum absolute atomic E-state index is 13.9. The van der Waals surface area contributed by atoms with Crippen LogP contribution in [0.15, 0.2) is 18.2 Å². The predicted octanol–water partition coefficient (Wildman–Crippen LogP) is 2.49. The smallest absolute Gasteiger partial charge is 0.352 e. The van der Waals surface area contributed by atoms with Gasteiger partial charge >= 0.3 is 5.92 Å². The summed E-state index contributed by atoms with van der Waals surface area (Å²) in [4.78, 5) is 11.7. The molecule has 1 aromatic carbocycles. The zero-order valence-corrected chi connectivity index (χ0v) is 11.6. The summed E-state index contributed by atoms with van der Waals surface area (Å²) in [5, 5.41) is 11.8. The van der Waals surface area contributed by atoms with Crippen LogP contribution >= 0.6 is 0 Å². The van der Waals surface area contributed by atoms with E-state index in [1.165, 1.54) is 6.07 Å². The zero-order valence-electron chi connectivity index (χ0n) is 11.6. The van der Waals surface area contributed by atoms with E-state index >= 15 is 0 Å². The number of alkyl halides is 2. The van der Waals surface area contributed by atoms with Crippen molar-refractivity contribution in [2.24, 2.45) is 0 Å². The standard InChI is InChI=1S/C15H15F4NO2/c16-9-3-1-4-10(17)12(9)8-7-11(8)20-13(21)15(18,19)14(22)5-2-6-14/h1,3-4,8,11,22H,2,5-7H2,(H,20,21). The number of carbonyl (C=O) groups is 1. The molecule has 2 atom stereocenters. The largest absolute Gasteiger partial charge is 0.383 e. The van der Waals surface area contributed by atoms with Gasteiger partial charge < -0.3 is 10.4 Å². The number of nitrogens with one attached hydrogen (secondary N) is 1. The molecule has 0 spiro atoms. The van der Waals surface area contributed by atoms with E-state index in [-0.39, 0.29) is 24.8 Å². The Balaban J connectivity index is 1.68. The molecule has 0 saturated heterocycles. The molecular weight excluding hydrogens is 302 g/mol. The van der Waals surface area contributed by atoms with Crippen molar-refractivity contribution in [1.82, 2.24) is 5.32 Å². The molecule has 2 saturated carbocycles. The van der Waals surface area contributed by atoms with E-state index in [0.29, 0.717) is 6.42 Å². The number of rotatable bonds is 4. The Morgan fingerprint density at radius 1 is 1.27 bits per heavy atom. The van der Waals surface area contributed by atoms with Crippen molar-refractivity contribution in [3.05, 3.63) is 35.4 Å². The number of hydrogen-bond acceptors (Lipinski definition) is 2. The Hall–Kier alpha value is -1.63. The average Bonchev–Trinajstić information content (AvgIpc) is 3.14. The summed E-state index contributed by atoms with van der Waals surface area (Å²) in [6, 6.07) is 2.64. The fourth-order valence-electron chi connectivity index (χ4n) is 2.83. The van der Waals surface area contributed by atoms with Crippen molar-refractivity contribution in [3.8, 4) is 0 Å². The van der Waals surface area contributed by atoms with Gasteiger partial charge in [-0.15, -0.1) is 0 Å². The van der Waals surface area contributed by atoms with Crippen molar-refractivity contribution in [2.75, 3.05) is 0 Å². The van der Waals surface area contributed by atoms with Gasteiger partial charge in [0, 0.05) is 17.5 Å². The normalized spacial score (nSPS) is 26.2. The molecule has 0 aliphatic heterocycles. The highest BCUT2D eigenvalue weighted by atomic mass is 19.3. The van der Waals surface area contributed by atoms with Gasteiger partial charge in [-0.1, -0.05) is 6.07 Å². The van der Waals surface area contributed by atoms with Crippen molar-refractivity contribution >= 4 is 5.91 Å². The van der Waals surface area contributed by atoms with Crippen LogP contribution in [0, 0.1) is 11.6 Å². The number of amides is 1. The first-order valence-corrected chi connectivity index (χ1v) is 7.11. The number of benzene rings is 1. The van der Waals surface area contributed by atoms with Gasteiger partial charge in [0.2, 0.25) is 0 Å². The second-order valence-corrected chi connectivity index (χ2v) is 6.02. The minimum atomic E-state index is -3.90. The first kappa shape index (κ1) is 15.3. The molecule has 1 amide bonds. The van der Waals surface area contributed by atoms with Gasteiger partial charge in [-0.2, -0.15) is 8.78 Å². The SMILES string of the molecule is O=C(NC1CC1c1c(F)cccc1F)C(F)(F)C1(O)CCC1. The number of aliphatic hydroxyl groups is 1. The summed E-state index contributed by atoms with van der Waals surface area (Å²) >= 11 is 0. The Morgan fingerprint density at radius 3 is 2.36 bits per heavy atom. The second kappa shape index (κ2) is 4.94. The number of carbonyl (C=O) groups excluding carboxylic acids is 1. The summed E-state index contributed by atoms with van der Waals surface area (Å²) in [7, 11) is 0. The van der Waals surface area contributed by atoms with E-state index in [1.54, 1.807) is 0 Å². The lowest BCUT2D eigenvalue weighted by atomic mass is 9.75. The van der Waals surface area contributed by atoms with Crippen molar-refractivity contribution < 1.29 is 27.5 Å². The second-order valence-electron chi connectivity index (χ2n) is 6.02. The van der Waals surface area contributed by atoms with Crippen molar-refractivity contribution in [1.29, 1.82) is 0 Å². The third-order valence-corrected chi connectivity index (χ3v) is 4.53. The minimum Gasteiger partial charge on any atom is -0.383 e. The third-order valence-electron chi connectivity index (χ3n) is 4.53. The van der Waals surface area contributed by atoms with Crippen LogP contribution in [0.25, 0.3) is 0 Å². The molecule has 7 heteroatoms. The molecule has 120 valence electrons. The highest BCUT2D eigenvalue weighted by molar-refractivity contribution is 5.85. The van der Waals surface area contributed by atoms with Gasteiger partial charge in [0.1, 0.15) is 17.2 Å². The number of halogens is 4. The highest BCUT2D eigenvalue weighted by Crippen LogP contribution is 2.46. The topological polar surface area (TPSA) is 49.3 Å². The highest BCUT2D eigenvalue weighted by Gasteiger charge is 2.62. The van der Waals surface area contributed by atoms with Crippen LogP contribution in [0.4, 0.5) is 17.6 Å². The maximum Gasteiger partial charge on any atom is 0.352 e. The fraction of sp³-hybridized carbons (Fsp3) is 0.533. The molecule has 2 unspecified atom stereocenters. The van der Waals surface area contributed by atoms with Gasteiger partial charge in [-0.05, 0) is 37.8 Å². The molecule has 0 heterocycles. The van der Waals surface area contributed by atoms with Crippen LogP contribution in [-0.2, 0) is 4.79 Å². The van der Waals surface area contributed by atoms with Gasteiger partial charge in [0.05, 0.1) is 0 Å². The van der Waals surface area contributed by atoms with Crippen molar-refractivity contribution in [3.63, 3.8) is 0 Å². The Morgan fingerprint density at radius 2 is 1.86 bits per heavy atom. The quantitative estimate of drug-likeness (QED) is 0.838. The van der Waals surface area contributed by atoms with Crippen LogP contribution in [0.2, 0.25) is 0 Å². The lowest BCUT2D eigenvalue weighted by Crippen LogP contribution is -2.61. The minimum absolute atomic E-state index is 0.135. The van der Waals surface area contributed by atoms with Crippen LogP contribution in [0.1, 0.15) is 37.2 Å². The molecule has 0 bridgehead atoms. The molecule has 2 fully saturated rings. The first-order valence-electron chi connectivity index (χ1n) is 7.11. The van der Waals surface area contributed by atoms with E-state index in [9.17, 15) is 27.5 Å². The van der Waals surface area contributed by atoms with Gasteiger partial charge in [-0.3, -0.25) is 4.79 Å². The lowest BCUT2D eigenvalue weighted by molar-refractivity contribution is -0.216. The Labute approximate surface area is 124 Å². The maximum atomic E-state index is 13.9. The Kier molecular flexibility index (Phi) is 3.43. The van der Waals surface area contributed by atoms with E-state index in [4.69, 9.17) is 0 Å². The first-order chi connectivity index (χ1) is 10.3. The predicted molar refractivity (Wildman–Crippen MR) is 69.4 cm³/mol. The summed E-state index contributed by atoms with van der Waals surface area (Å²) in [5.74, 6) is -7.65. The molecule has 0 aromatic heterocycles. The fourth-order valence-corrected chi connectivity index (χ4v) is 2.83. The molecule has 1 aromatic rings. The van der Waals surface area contributed by atoms with E-state index < -0.39 is 41.0 Å². The van der Waals surface area contributed by atoms with E-state index in [1.807, 2.05) is 0 Å². The Bertz CT molecular complexity index is 595. The van der Waals surface area contributed by atoms with Gasteiger partial charge in [0.15, 0.2) is 0 Å². The molecule has 2 N–H and O–H groups in total. The molecule has 2 aliphatic rings. The van der Waals surface area contributed by atoms with Crippen molar-refractivity contribution in [2.45, 2.75) is 49.2 Å². The zero-order chi connectivity index (χ0) is 16.1. The summed E-state index contributed by atoms with van der Waals surface area (Å²) < 4.78 is 55.0. The summed E-state index contributed by atoms with van der Waals surface area (Å²) in [6.45, 7) is 0. The summed E-state index contributed by atoms with van der Waals surface area (Å²) in [5.41, 5.74) is -2.50. The molecule has 3 nitrogen and oxygen atoms in total. The number of hydrogen-bond donors (Lipinski definition) is 2. The third kappa shape index (κ3) is 2.27. The van der Waals surface area contributed by atoms with E-state index in [2.05, 4.69) is 5.32 Å². The molecular formula is C15H15F4NO2. The monoisotopic (exact) mass is 317 g/mol. The lowest BCUT2D eigenvalue weighted by Gasteiger charge is -2.41. The van der Waals surface area contributed by atoms with Crippen LogP contribution in [0.5, 0.6) is 0 Å². The van der Waals surface area contributed by atoms with Crippen LogP contribution in [0.3, 0.4) is 0 Å². The van der Waals surface area contributed by atoms with Gasteiger partial charge in [-0.25, -0.2) is 8.78 Å². The molecule has 2 aliphatic carbocycles. The van der Waals surface area contributed by atoms with Crippen LogP contribution < -0.4 is 5.32 Å². The van der Waals surface area contributed by atoms with Gasteiger partial charge in [0.25, 0.3) is 5.91 Å². The van der Waals surface area contributed by atoms with E-state index in [0.717, 1.165) is 12.1 Å². The summed E-state index contributed by atoms with van der Waals surface area (Å²) in [6.07, 6.45) is 0.358. The molecule has 22 heavy (non-hydrogen) atoms. The average molecular weight is 317 g/mol. The molecule has 0 radical (unpaired) electrons. The van der Waals surface area contributed by atoms with Crippen LogP contribution in [-0.4, -0.2) is 28.6 Å².